The Morgan fingerprint density at radius 1 is 1.29 bits per heavy atom. The van der Waals surface area contributed by atoms with Gasteiger partial charge in [-0.05, 0) is 18.9 Å². The highest BCUT2D eigenvalue weighted by Crippen LogP contribution is 2.23. The number of hydrogen-bond donors (Lipinski definition) is 0. The van der Waals surface area contributed by atoms with Gasteiger partial charge in [0, 0.05) is 0 Å². The molecule has 1 rings (SSSR count). The Morgan fingerprint density at radius 2 is 1.94 bits per heavy atom. The molecule has 1 aromatic rings. The highest BCUT2D eigenvalue weighted by molar-refractivity contribution is 5.76. The van der Waals surface area contributed by atoms with Crippen LogP contribution >= 0.6 is 0 Å². The number of hydrogen-bond acceptors (Lipinski definition) is 3. The third kappa shape index (κ3) is 3.86. The van der Waals surface area contributed by atoms with E-state index in [9.17, 15) is 4.79 Å². The van der Waals surface area contributed by atoms with E-state index in [4.69, 9.17) is 9.47 Å². The van der Waals surface area contributed by atoms with Gasteiger partial charge in [0.1, 0.15) is 0 Å². The Kier molecular flexibility index (Phi) is 5.16. The highest BCUT2D eigenvalue weighted by Gasteiger charge is 2.32. The average Bonchev–Trinajstić information content (AvgIpc) is 2.38. The zero-order valence-corrected chi connectivity index (χ0v) is 10.7. The molecule has 94 valence electrons. The molecule has 17 heavy (non-hydrogen) atoms. The van der Waals surface area contributed by atoms with E-state index in [2.05, 4.69) is 0 Å². The van der Waals surface area contributed by atoms with Gasteiger partial charge < -0.3 is 9.47 Å². The lowest BCUT2D eigenvalue weighted by molar-refractivity contribution is -0.156. The second-order valence-corrected chi connectivity index (χ2v) is 4.38. The summed E-state index contributed by atoms with van der Waals surface area (Å²) in [5, 5.41) is 0. The summed E-state index contributed by atoms with van der Waals surface area (Å²) in [4.78, 5) is 11.6. The predicted octanol–water partition coefficient (Wildman–Crippen LogP) is 2.79. The number of benzene rings is 1. The summed E-state index contributed by atoms with van der Waals surface area (Å²) in [7, 11) is 1.41. The lowest BCUT2D eigenvalue weighted by atomic mass is 9.89. The van der Waals surface area contributed by atoms with Crippen molar-refractivity contribution in [2.45, 2.75) is 26.9 Å². The van der Waals surface area contributed by atoms with Gasteiger partial charge in [-0.1, -0.05) is 37.3 Å². The minimum absolute atomic E-state index is 0.215. The molecule has 1 atom stereocenters. The van der Waals surface area contributed by atoms with Crippen LogP contribution < -0.4 is 0 Å². The summed E-state index contributed by atoms with van der Waals surface area (Å²) in [5.41, 5.74) is 0.555. The summed E-state index contributed by atoms with van der Waals surface area (Å²) in [6, 6.07) is 9.91. The van der Waals surface area contributed by atoms with E-state index < -0.39 is 5.41 Å². The number of ether oxygens (including phenoxy) is 2. The van der Waals surface area contributed by atoms with Crippen molar-refractivity contribution in [2.75, 3.05) is 13.7 Å². The SMILES string of the molecule is CCC(C)(COCc1ccccc1)C(=O)OC. The summed E-state index contributed by atoms with van der Waals surface area (Å²) in [6.07, 6.45) is 0.703. The largest absolute Gasteiger partial charge is 0.469 e. The molecule has 0 heterocycles. The van der Waals surface area contributed by atoms with E-state index in [1.54, 1.807) is 0 Å². The number of methoxy groups -OCH3 is 1. The standard InChI is InChI=1S/C14H20O3/c1-4-14(2,13(15)16-3)11-17-10-12-8-6-5-7-9-12/h5-9H,4,10-11H2,1-3H3. The first kappa shape index (κ1) is 13.7. The number of carbonyl (C=O) groups is 1. The van der Waals surface area contributed by atoms with Crippen molar-refractivity contribution < 1.29 is 14.3 Å². The Hall–Kier alpha value is -1.35. The molecule has 3 nitrogen and oxygen atoms in total. The third-order valence-corrected chi connectivity index (χ3v) is 2.99. The van der Waals surface area contributed by atoms with Crippen LogP contribution in [0.4, 0.5) is 0 Å². The van der Waals surface area contributed by atoms with E-state index in [1.165, 1.54) is 7.11 Å². The van der Waals surface area contributed by atoms with E-state index in [0.717, 1.165) is 5.56 Å². The molecule has 0 saturated heterocycles. The molecule has 3 heteroatoms. The predicted molar refractivity (Wildman–Crippen MR) is 66.5 cm³/mol. The topological polar surface area (TPSA) is 35.5 Å². The second-order valence-electron chi connectivity index (χ2n) is 4.38. The van der Waals surface area contributed by atoms with Gasteiger partial charge in [0.2, 0.25) is 0 Å². The fourth-order valence-electron chi connectivity index (χ4n) is 1.52. The van der Waals surface area contributed by atoms with Gasteiger partial charge >= 0.3 is 5.97 Å². The van der Waals surface area contributed by atoms with E-state index in [0.29, 0.717) is 19.6 Å². The molecule has 0 radical (unpaired) electrons. The van der Waals surface area contributed by atoms with Gasteiger partial charge in [-0.3, -0.25) is 4.79 Å². The fraction of sp³-hybridized carbons (Fsp3) is 0.500. The molecule has 0 aromatic heterocycles. The number of esters is 1. The maximum Gasteiger partial charge on any atom is 0.313 e. The second kappa shape index (κ2) is 6.40. The van der Waals surface area contributed by atoms with Crippen molar-refractivity contribution >= 4 is 5.97 Å². The average molecular weight is 236 g/mol. The molecule has 1 aromatic carbocycles. The maximum absolute atomic E-state index is 11.6. The molecule has 0 aliphatic rings. The van der Waals surface area contributed by atoms with Crippen molar-refractivity contribution in [3.8, 4) is 0 Å². The zero-order chi connectivity index (χ0) is 12.7. The summed E-state index contributed by atoms with van der Waals surface area (Å²) in [6.45, 7) is 4.73. The zero-order valence-electron chi connectivity index (χ0n) is 10.7. The van der Waals surface area contributed by atoms with Gasteiger partial charge in [-0.15, -0.1) is 0 Å². The fourth-order valence-corrected chi connectivity index (χ4v) is 1.52. The van der Waals surface area contributed by atoms with Crippen molar-refractivity contribution in [2.24, 2.45) is 5.41 Å². The van der Waals surface area contributed by atoms with Crippen LogP contribution in [-0.4, -0.2) is 19.7 Å². The molecule has 0 spiro atoms. The van der Waals surface area contributed by atoms with Crippen LogP contribution in [0.2, 0.25) is 0 Å². The number of rotatable bonds is 6. The molecule has 0 aliphatic heterocycles. The van der Waals surface area contributed by atoms with Gasteiger partial charge in [0.25, 0.3) is 0 Å². The molecule has 0 N–H and O–H groups in total. The van der Waals surface area contributed by atoms with Crippen LogP contribution in [0.5, 0.6) is 0 Å². The van der Waals surface area contributed by atoms with Gasteiger partial charge in [0.05, 0.1) is 25.7 Å². The Morgan fingerprint density at radius 3 is 2.47 bits per heavy atom. The summed E-state index contributed by atoms with van der Waals surface area (Å²) < 4.78 is 10.4. The van der Waals surface area contributed by atoms with Crippen LogP contribution in [0.15, 0.2) is 30.3 Å². The van der Waals surface area contributed by atoms with Crippen LogP contribution in [0.1, 0.15) is 25.8 Å². The van der Waals surface area contributed by atoms with Crippen molar-refractivity contribution in [1.29, 1.82) is 0 Å². The molecule has 0 saturated carbocycles. The Bertz CT molecular complexity index is 348. The van der Waals surface area contributed by atoms with Crippen LogP contribution in [0.3, 0.4) is 0 Å². The molecule has 0 fully saturated rings. The van der Waals surface area contributed by atoms with Gasteiger partial charge in [-0.25, -0.2) is 0 Å². The summed E-state index contributed by atoms with van der Waals surface area (Å²) >= 11 is 0. The minimum Gasteiger partial charge on any atom is -0.469 e. The van der Waals surface area contributed by atoms with Crippen LogP contribution in [0.25, 0.3) is 0 Å². The van der Waals surface area contributed by atoms with Crippen LogP contribution in [0, 0.1) is 5.41 Å². The molecule has 0 aliphatic carbocycles. The summed E-state index contributed by atoms with van der Waals surface area (Å²) in [5.74, 6) is -0.215. The monoisotopic (exact) mass is 236 g/mol. The van der Waals surface area contributed by atoms with Gasteiger partial charge in [0.15, 0.2) is 0 Å². The molecular weight excluding hydrogens is 216 g/mol. The minimum atomic E-state index is -0.552. The van der Waals surface area contributed by atoms with Gasteiger partial charge in [-0.2, -0.15) is 0 Å². The molecule has 0 bridgehead atoms. The van der Waals surface area contributed by atoms with Crippen LogP contribution in [-0.2, 0) is 20.9 Å². The van der Waals surface area contributed by atoms with Crippen molar-refractivity contribution in [3.05, 3.63) is 35.9 Å². The quantitative estimate of drug-likeness (QED) is 0.712. The first-order valence-corrected chi connectivity index (χ1v) is 5.82. The highest BCUT2D eigenvalue weighted by atomic mass is 16.5. The lowest BCUT2D eigenvalue weighted by Gasteiger charge is -2.24. The van der Waals surface area contributed by atoms with Crippen molar-refractivity contribution in [3.63, 3.8) is 0 Å². The van der Waals surface area contributed by atoms with Crippen molar-refractivity contribution in [1.82, 2.24) is 0 Å². The first-order chi connectivity index (χ1) is 8.12. The van der Waals surface area contributed by atoms with E-state index in [-0.39, 0.29) is 5.97 Å². The Labute approximate surface area is 103 Å². The smallest absolute Gasteiger partial charge is 0.313 e. The molecular formula is C14H20O3. The van der Waals surface area contributed by atoms with E-state index >= 15 is 0 Å². The molecule has 1 unspecified atom stereocenters. The Balaban J connectivity index is 2.46. The molecule has 0 amide bonds. The third-order valence-electron chi connectivity index (χ3n) is 2.99. The lowest BCUT2D eigenvalue weighted by Crippen LogP contribution is -2.33. The number of carbonyl (C=O) groups excluding carboxylic acids is 1. The first-order valence-electron chi connectivity index (χ1n) is 5.82. The maximum atomic E-state index is 11.6. The normalized spacial score (nSPS) is 14.1. The van der Waals surface area contributed by atoms with E-state index in [1.807, 2.05) is 44.2 Å².